The Morgan fingerprint density at radius 3 is 2.61 bits per heavy atom. The van der Waals surface area contributed by atoms with Gasteiger partial charge in [0.25, 0.3) is 0 Å². The van der Waals surface area contributed by atoms with Gasteiger partial charge >= 0.3 is 5.97 Å². The zero-order chi connectivity index (χ0) is 23.6. The fourth-order valence-electron chi connectivity index (χ4n) is 5.42. The van der Waals surface area contributed by atoms with Crippen molar-refractivity contribution < 1.29 is 19.1 Å². The first-order valence-corrected chi connectivity index (χ1v) is 12.5. The molecular formula is C28H37NO4. The number of carbonyl (C=O) groups excluding carboxylic acids is 2. The highest BCUT2D eigenvalue weighted by molar-refractivity contribution is 6.04. The van der Waals surface area contributed by atoms with Crippen LogP contribution in [0.1, 0.15) is 90.5 Å². The third kappa shape index (κ3) is 5.02. The highest BCUT2D eigenvalue weighted by Gasteiger charge is 2.44. The van der Waals surface area contributed by atoms with Crippen molar-refractivity contribution in [2.45, 2.75) is 91.1 Å². The van der Waals surface area contributed by atoms with Gasteiger partial charge in [-0.1, -0.05) is 45.4 Å². The maximum atomic E-state index is 13.5. The Balaban J connectivity index is 1.78. The Morgan fingerprint density at radius 2 is 1.88 bits per heavy atom. The molecule has 1 fully saturated rings. The Kier molecular flexibility index (Phi) is 6.96. The molecule has 1 aromatic rings. The van der Waals surface area contributed by atoms with Gasteiger partial charge in [0.15, 0.2) is 5.78 Å². The first-order valence-electron chi connectivity index (χ1n) is 12.5. The highest BCUT2D eigenvalue weighted by atomic mass is 16.5. The smallest absolute Gasteiger partial charge is 0.337 e. The summed E-state index contributed by atoms with van der Waals surface area (Å²) in [5, 5.41) is 3.43. The number of ether oxygens (including phenoxy) is 2. The van der Waals surface area contributed by atoms with Crippen LogP contribution in [0.5, 0.6) is 5.75 Å². The van der Waals surface area contributed by atoms with Gasteiger partial charge in [0.1, 0.15) is 11.9 Å². The highest BCUT2D eigenvalue weighted by Crippen LogP contribution is 2.48. The minimum absolute atomic E-state index is 0.0362. The van der Waals surface area contributed by atoms with E-state index in [1.54, 1.807) is 0 Å². The van der Waals surface area contributed by atoms with Crippen LogP contribution < -0.4 is 10.1 Å². The predicted molar refractivity (Wildman–Crippen MR) is 129 cm³/mol. The Bertz CT molecular complexity index is 981. The van der Waals surface area contributed by atoms with Crippen LogP contribution in [-0.4, -0.2) is 24.5 Å². The van der Waals surface area contributed by atoms with Gasteiger partial charge in [-0.25, -0.2) is 4.79 Å². The van der Waals surface area contributed by atoms with E-state index in [0.717, 1.165) is 67.7 Å². The van der Waals surface area contributed by atoms with Gasteiger partial charge in [0, 0.05) is 29.0 Å². The quantitative estimate of drug-likeness (QED) is 0.410. The summed E-state index contributed by atoms with van der Waals surface area (Å²) < 4.78 is 12.1. The van der Waals surface area contributed by atoms with Gasteiger partial charge in [0.2, 0.25) is 0 Å². The molecule has 1 aromatic carbocycles. The molecule has 2 aliphatic carbocycles. The second-order valence-corrected chi connectivity index (χ2v) is 10.5. The molecular weight excluding hydrogens is 414 g/mol. The molecule has 1 aliphatic heterocycles. The minimum Gasteiger partial charge on any atom is -0.493 e. The van der Waals surface area contributed by atoms with Crippen molar-refractivity contribution in [2.75, 3.05) is 6.61 Å². The summed E-state index contributed by atoms with van der Waals surface area (Å²) in [6.45, 7) is 8.90. The fourth-order valence-corrected chi connectivity index (χ4v) is 5.42. The Labute approximate surface area is 197 Å². The average Bonchev–Trinajstić information content (AvgIpc) is 3.25. The number of ketones is 1. The monoisotopic (exact) mass is 451 g/mol. The van der Waals surface area contributed by atoms with Crippen molar-refractivity contribution in [3.63, 3.8) is 0 Å². The maximum Gasteiger partial charge on any atom is 0.337 e. The normalized spacial score (nSPS) is 22.8. The molecule has 0 radical (unpaired) electrons. The van der Waals surface area contributed by atoms with Gasteiger partial charge in [-0.3, -0.25) is 4.79 Å². The van der Waals surface area contributed by atoms with Crippen LogP contribution in [0.15, 0.2) is 46.8 Å². The molecule has 1 saturated carbocycles. The summed E-state index contributed by atoms with van der Waals surface area (Å²) in [5.74, 6) is 0.0445. The van der Waals surface area contributed by atoms with Crippen molar-refractivity contribution >= 4 is 11.8 Å². The molecule has 1 N–H and O–H groups in total. The van der Waals surface area contributed by atoms with Gasteiger partial charge in [0.05, 0.1) is 18.1 Å². The summed E-state index contributed by atoms with van der Waals surface area (Å²) in [6.07, 6.45) is 7.19. The number of carbonyl (C=O) groups is 2. The summed E-state index contributed by atoms with van der Waals surface area (Å²) in [7, 11) is 0. The van der Waals surface area contributed by atoms with Crippen LogP contribution in [0.4, 0.5) is 0 Å². The van der Waals surface area contributed by atoms with Crippen LogP contribution in [0.25, 0.3) is 0 Å². The van der Waals surface area contributed by atoms with E-state index >= 15 is 0 Å². The van der Waals surface area contributed by atoms with E-state index in [1.807, 2.05) is 31.2 Å². The molecule has 33 heavy (non-hydrogen) atoms. The Morgan fingerprint density at radius 1 is 1.15 bits per heavy atom. The topological polar surface area (TPSA) is 64.6 Å². The van der Waals surface area contributed by atoms with E-state index in [4.69, 9.17) is 9.47 Å². The number of benzene rings is 1. The molecule has 178 valence electrons. The van der Waals surface area contributed by atoms with E-state index in [1.165, 1.54) is 0 Å². The fraction of sp³-hybridized carbons (Fsp3) is 0.571. The second kappa shape index (κ2) is 9.74. The maximum absolute atomic E-state index is 13.5. The van der Waals surface area contributed by atoms with Crippen LogP contribution in [0.3, 0.4) is 0 Å². The first-order chi connectivity index (χ1) is 15.8. The van der Waals surface area contributed by atoms with Crippen LogP contribution >= 0.6 is 0 Å². The lowest BCUT2D eigenvalue weighted by Crippen LogP contribution is -2.39. The summed E-state index contributed by atoms with van der Waals surface area (Å²) >= 11 is 0. The standard InChI is InChI=1S/C28H37NO4/c1-5-6-15-32-23-14-10-9-13-20(23)25-24(27(31)33-19-11-7-8-12-19)18(2)29-21-16-28(3,4)17-22(30)26(21)25/h9-10,13-14,19,25,29H,5-8,11-12,15-17H2,1-4H3. The van der Waals surface area contributed by atoms with Gasteiger partial charge in [-0.05, 0) is 56.9 Å². The number of unbranched alkanes of at least 4 members (excludes halogenated alkanes) is 1. The van der Waals surface area contributed by atoms with Crippen molar-refractivity contribution in [1.82, 2.24) is 5.32 Å². The molecule has 4 rings (SSSR count). The lowest BCUT2D eigenvalue weighted by Gasteiger charge is -2.39. The third-order valence-electron chi connectivity index (χ3n) is 7.02. The number of para-hydroxylation sites is 1. The number of Topliss-reactive ketones (excluding diaryl/α,β-unsaturated/α-hetero) is 1. The van der Waals surface area contributed by atoms with E-state index < -0.39 is 5.92 Å². The number of allylic oxidation sites excluding steroid dienone is 3. The zero-order valence-corrected chi connectivity index (χ0v) is 20.5. The zero-order valence-electron chi connectivity index (χ0n) is 20.5. The van der Waals surface area contributed by atoms with E-state index in [0.29, 0.717) is 24.2 Å². The van der Waals surface area contributed by atoms with Crippen LogP contribution in [-0.2, 0) is 14.3 Å². The van der Waals surface area contributed by atoms with Crippen molar-refractivity contribution in [1.29, 1.82) is 0 Å². The predicted octanol–water partition coefficient (Wildman–Crippen LogP) is 5.96. The van der Waals surface area contributed by atoms with Crippen LogP contribution in [0, 0.1) is 5.41 Å². The van der Waals surface area contributed by atoms with Crippen molar-refractivity contribution in [2.24, 2.45) is 5.41 Å². The lowest BCUT2D eigenvalue weighted by molar-refractivity contribution is -0.144. The van der Waals surface area contributed by atoms with E-state index in [-0.39, 0.29) is 23.3 Å². The van der Waals surface area contributed by atoms with Crippen molar-refractivity contribution in [3.05, 3.63) is 52.4 Å². The summed E-state index contributed by atoms with van der Waals surface area (Å²) in [5.41, 5.74) is 3.70. The molecule has 0 amide bonds. The number of hydrogen-bond donors (Lipinski definition) is 1. The average molecular weight is 452 g/mol. The minimum atomic E-state index is -0.475. The molecule has 0 saturated heterocycles. The lowest BCUT2D eigenvalue weighted by atomic mass is 9.68. The number of hydrogen-bond acceptors (Lipinski definition) is 5. The van der Waals surface area contributed by atoms with Crippen LogP contribution in [0.2, 0.25) is 0 Å². The number of nitrogens with one attached hydrogen (secondary N) is 1. The molecule has 5 nitrogen and oxygen atoms in total. The number of rotatable bonds is 7. The number of esters is 1. The third-order valence-corrected chi connectivity index (χ3v) is 7.02. The molecule has 0 aromatic heterocycles. The molecule has 0 bridgehead atoms. The van der Waals surface area contributed by atoms with Gasteiger partial charge < -0.3 is 14.8 Å². The SMILES string of the molecule is CCCCOc1ccccc1C1C(C(=O)OC2CCCC2)=C(C)NC2=C1C(=O)CC(C)(C)C2. The molecule has 0 spiro atoms. The van der Waals surface area contributed by atoms with Gasteiger partial charge in [-0.15, -0.1) is 0 Å². The largest absolute Gasteiger partial charge is 0.493 e. The van der Waals surface area contributed by atoms with E-state index in [9.17, 15) is 9.59 Å². The Hall–Kier alpha value is -2.56. The van der Waals surface area contributed by atoms with E-state index in [2.05, 4.69) is 26.1 Å². The molecule has 1 heterocycles. The first kappa shape index (κ1) is 23.6. The molecule has 1 unspecified atom stereocenters. The molecule has 3 aliphatic rings. The molecule has 5 heteroatoms. The molecule has 1 atom stereocenters. The van der Waals surface area contributed by atoms with Crippen molar-refractivity contribution in [3.8, 4) is 5.75 Å². The number of dihydropyridines is 1. The van der Waals surface area contributed by atoms with Gasteiger partial charge in [-0.2, -0.15) is 0 Å². The summed E-state index contributed by atoms with van der Waals surface area (Å²) in [6, 6.07) is 7.83. The summed E-state index contributed by atoms with van der Waals surface area (Å²) in [4.78, 5) is 27.0. The second-order valence-electron chi connectivity index (χ2n) is 10.5.